The monoisotopic (exact) mass is 497 g/mol. The molecule has 188 valence electrons. The van der Waals surface area contributed by atoms with Crippen LogP contribution in [0.15, 0.2) is 29.6 Å². The average molecular weight is 497 g/mol. The lowest BCUT2D eigenvalue weighted by Gasteiger charge is -2.46. The van der Waals surface area contributed by atoms with Crippen molar-refractivity contribution in [3.8, 4) is 11.1 Å². The van der Waals surface area contributed by atoms with Gasteiger partial charge in [0.2, 0.25) is 5.91 Å². The number of carbonyl (C=O) groups is 1. The van der Waals surface area contributed by atoms with E-state index in [0.717, 1.165) is 19.2 Å². The first-order valence-electron chi connectivity index (χ1n) is 11.4. The van der Waals surface area contributed by atoms with Crippen molar-refractivity contribution >= 4 is 18.1 Å². The zero-order chi connectivity index (χ0) is 24.9. The Labute approximate surface area is 197 Å². The van der Waals surface area contributed by atoms with E-state index < -0.39 is 24.6 Å². The van der Waals surface area contributed by atoms with Gasteiger partial charge in [-0.05, 0) is 31.7 Å². The van der Waals surface area contributed by atoms with E-state index in [9.17, 15) is 26.7 Å². The van der Waals surface area contributed by atoms with Crippen molar-refractivity contribution in [3.05, 3.63) is 30.4 Å². The van der Waals surface area contributed by atoms with Crippen LogP contribution in [0.4, 0.5) is 22.0 Å². The number of piperazine rings is 1. The highest BCUT2D eigenvalue weighted by molar-refractivity contribution is 6.02. The number of hydrogen-bond acceptors (Lipinski definition) is 3. The molecule has 1 amide bonds. The van der Waals surface area contributed by atoms with Crippen molar-refractivity contribution in [2.24, 2.45) is 16.8 Å². The number of aromatic amines is 1. The van der Waals surface area contributed by atoms with Crippen molar-refractivity contribution in [3.63, 3.8) is 0 Å². The summed E-state index contributed by atoms with van der Waals surface area (Å²) in [7, 11) is 0. The van der Waals surface area contributed by atoms with Crippen LogP contribution < -0.4 is 0 Å². The van der Waals surface area contributed by atoms with Crippen LogP contribution in [0.1, 0.15) is 37.9 Å². The molecular formula is C22H24F5N7O. The Hall–Kier alpha value is -3.25. The summed E-state index contributed by atoms with van der Waals surface area (Å²) < 4.78 is 64.8. The fourth-order valence-corrected chi connectivity index (χ4v) is 5.40. The van der Waals surface area contributed by atoms with Gasteiger partial charge in [-0.15, -0.1) is 0 Å². The van der Waals surface area contributed by atoms with Crippen LogP contribution in [0.5, 0.6) is 0 Å². The number of H-pyrrole nitrogens is 1. The molecule has 35 heavy (non-hydrogen) atoms. The molecule has 1 aliphatic carbocycles. The molecule has 0 aromatic carbocycles. The predicted octanol–water partition coefficient (Wildman–Crippen LogP) is 3.89. The van der Waals surface area contributed by atoms with Crippen molar-refractivity contribution in [1.29, 1.82) is 5.41 Å². The standard InChI is InChI=1S/C22H24F5N7O/c23-21(24)33-8-14(7-31-33)13-5-18(29-6-13)19(30-11-28)32-9-16-1-2-17(10-32)34(16)20(35)12-3-15(4-12)22(25,26)27/h5-8,11-12,15-17,21,28-29H,1-4,9-10H2/b28-11?,30-19+/t12-,15-,16?,17?. The van der Waals surface area contributed by atoms with Gasteiger partial charge in [-0.25, -0.2) is 9.67 Å². The molecule has 2 atom stereocenters. The molecule has 4 heterocycles. The summed E-state index contributed by atoms with van der Waals surface area (Å²) in [5, 5.41) is 11.1. The highest BCUT2D eigenvalue weighted by Crippen LogP contribution is 2.46. The molecule has 5 rings (SSSR count). The Morgan fingerprint density at radius 2 is 1.89 bits per heavy atom. The zero-order valence-corrected chi connectivity index (χ0v) is 18.6. The van der Waals surface area contributed by atoms with Crippen molar-refractivity contribution < 1.29 is 26.7 Å². The van der Waals surface area contributed by atoms with Gasteiger partial charge in [0.1, 0.15) is 6.34 Å². The Kier molecular flexibility index (Phi) is 5.88. The summed E-state index contributed by atoms with van der Waals surface area (Å²) in [6, 6.07) is 1.46. The predicted molar refractivity (Wildman–Crippen MR) is 116 cm³/mol. The Morgan fingerprint density at radius 3 is 2.46 bits per heavy atom. The number of aliphatic imine (C=N–C) groups is 1. The van der Waals surface area contributed by atoms with Crippen LogP contribution in [-0.2, 0) is 4.79 Å². The molecule has 2 N–H and O–H groups in total. The lowest BCUT2D eigenvalue weighted by molar-refractivity contribution is -0.207. The number of amidine groups is 1. The van der Waals surface area contributed by atoms with Gasteiger partial charge in [0.25, 0.3) is 0 Å². The summed E-state index contributed by atoms with van der Waals surface area (Å²) in [4.78, 5) is 24.0. The average Bonchev–Trinajstić information content (AvgIpc) is 3.47. The normalized spacial score (nSPS) is 26.9. The molecule has 2 bridgehead atoms. The van der Waals surface area contributed by atoms with E-state index in [4.69, 9.17) is 5.41 Å². The van der Waals surface area contributed by atoms with Gasteiger partial charge in [-0.2, -0.15) is 27.1 Å². The first-order chi connectivity index (χ1) is 16.7. The molecule has 1 saturated carbocycles. The van der Waals surface area contributed by atoms with Crippen molar-refractivity contribution in [2.75, 3.05) is 13.1 Å². The number of halogens is 5. The number of nitrogens with zero attached hydrogens (tertiary/aromatic N) is 5. The molecule has 3 aliphatic rings. The number of hydrogen-bond donors (Lipinski definition) is 2. The number of alkyl halides is 5. The van der Waals surface area contributed by atoms with Crippen LogP contribution in [0.3, 0.4) is 0 Å². The number of aromatic nitrogens is 3. The molecule has 0 spiro atoms. The third-order valence-corrected chi connectivity index (χ3v) is 7.23. The Morgan fingerprint density at radius 1 is 1.20 bits per heavy atom. The summed E-state index contributed by atoms with van der Waals surface area (Å²) in [6.45, 7) is -1.85. The van der Waals surface area contributed by atoms with Gasteiger partial charge in [-0.1, -0.05) is 0 Å². The minimum Gasteiger partial charge on any atom is -0.358 e. The maximum atomic E-state index is 13.0. The molecule has 2 aromatic heterocycles. The van der Waals surface area contributed by atoms with Crippen LogP contribution >= 0.6 is 0 Å². The van der Waals surface area contributed by atoms with Gasteiger partial charge in [0.15, 0.2) is 5.84 Å². The smallest absolute Gasteiger partial charge is 0.358 e. The van der Waals surface area contributed by atoms with E-state index in [1.165, 1.54) is 12.4 Å². The van der Waals surface area contributed by atoms with Crippen molar-refractivity contribution in [1.82, 2.24) is 24.6 Å². The number of rotatable bonds is 5. The van der Waals surface area contributed by atoms with Crippen LogP contribution in [0.2, 0.25) is 0 Å². The Bertz CT molecular complexity index is 1120. The lowest BCUT2D eigenvalue weighted by atomic mass is 9.73. The summed E-state index contributed by atoms with van der Waals surface area (Å²) in [5.41, 5.74) is 1.71. The summed E-state index contributed by atoms with van der Waals surface area (Å²) in [6.07, 6.45) is 2.09. The van der Waals surface area contributed by atoms with E-state index >= 15 is 0 Å². The summed E-state index contributed by atoms with van der Waals surface area (Å²) >= 11 is 0. The maximum absolute atomic E-state index is 13.0. The van der Waals surface area contributed by atoms with E-state index in [2.05, 4.69) is 15.1 Å². The van der Waals surface area contributed by atoms with Gasteiger partial charge >= 0.3 is 12.7 Å². The second kappa shape index (κ2) is 8.76. The van der Waals surface area contributed by atoms with Crippen LogP contribution in [-0.4, -0.2) is 74.0 Å². The Balaban J connectivity index is 1.29. The van der Waals surface area contributed by atoms with Crippen LogP contribution in [0, 0.1) is 17.2 Å². The molecule has 2 saturated heterocycles. The number of amides is 1. The third kappa shape index (κ3) is 4.31. The van der Waals surface area contributed by atoms with Crippen molar-refractivity contribution in [2.45, 2.75) is 50.5 Å². The van der Waals surface area contributed by atoms with Crippen LogP contribution in [0.25, 0.3) is 11.1 Å². The lowest BCUT2D eigenvalue weighted by Crippen LogP contribution is -2.59. The molecule has 3 fully saturated rings. The summed E-state index contributed by atoms with van der Waals surface area (Å²) in [5.74, 6) is -1.68. The maximum Gasteiger partial charge on any atom is 0.391 e. The topological polar surface area (TPSA) is 93.4 Å². The number of carbonyl (C=O) groups excluding carboxylic acids is 1. The quantitative estimate of drug-likeness (QED) is 0.373. The van der Waals surface area contributed by atoms with E-state index in [-0.39, 0.29) is 30.8 Å². The van der Waals surface area contributed by atoms with Gasteiger partial charge < -0.3 is 14.8 Å². The minimum absolute atomic E-state index is 0.138. The molecule has 2 unspecified atom stereocenters. The SMILES string of the molecule is N=C/N=C(\c1cc(-c2cnn(C(F)F)c2)c[nH]1)N1CC2CCC(C1)N2C(=O)[C@H]1C[C@H](C(F)(F)F)C1. The van der Waals surface area contributed by atoms with E-state index in [1.54, 1.807) is 17.2 Å². The fraction of sp³-hybridized carbons (Fsp3) is 0.545. The highest BCUT2D eigenvalue weighted by atomic mass is 19.4. The van der Waals surface area contributed by atoms with E-state index in [1.807, 2.05) is 4.90 Å². The molecule has 2 aromatic rings. The highest BCUT2D eigenvalue weighted by Gasteiger charge is 2.53. The molecule has 2 aliphatic heterocycles. The minimum atomic E-state index is -4.25. The molecule has 8 nitrogen and oxygen atoms in total. The third-order valence-electron chi connectivity index (χ3n) is 7.23. The molecule has 0 radical (unpaired) electrons. The first kappa shape index (κ1) is 23.5. The second-order valence-electron chi connectivity index (χ2n) is 9.31. The largest absolute Gasteiger partial charge is 0.391 e. The van der Waals surface area contributed by atoms with E-state index in [0.29, 0.717) is 40.4 Å². The molecular weight excluding hydrogens is 473 g/mol. The van der Waals surface area contributed by atoms with Gasteiger partial charge in [0, 0.05) is 54.6 Å². The second-order valence-corrected chi connectivity index (χ2v) is 9.31. The molecule has 13 heteroatoms. The first-order valence-corrected chi connectivity index (χ1v) is 11.4. The van der Waals surface area contributed by atoms with Gasteiger partial charge in [-0.3, -0.25) is 10.2 Å². The number of nitrogens with one attached hydrogen (secondary N) is 2. The zero-order valence-electron chi connectivity index (χ0n) is 18.6. The number of likely N-dealkylation sites (tertiary alicyclic amines) is 1. The van der Waals surface area contributed by atoms with Gasteiger partial charge in [0.05, 0.1) is 17.8 Å². The number of fused-ring (bicyclic) bond motifs is 2. The fourth-order valence-electron chi connectivity index (χ4n) is 5.40.